The molecule has 0 saturated carbocycles. The predicted molar refractivity (Wildman–Crippen MR) is 346 cm³/mol. The smallest absolute Gasteiger partial charge is 0.248 e. The number of halogens is 3. The minimum atomic E-state index is -0.434. The van der Waals surface area contributed by atoms with Crippen molar-refractivity contribution in [3.8, 4) is 34.5 Å². The van der Waals surface area contributed by atoms with Crippen LogP contribution >= 0.6 is 74.4 Å². The van der Waals surface area contributed by atoms with Gasteiger partial charge in [0.15, 0.2) is 67.4 Å². The van der Waals surface area contributed by atoms with Crippen LogP contribution < -0.4 is 50.9 Å². The molecule has 8 N–H and O–H groups in total. The van der Waals surface area contributed by atoms with Crippen molar-refractivity contribution in [1.82, 2.24) is 58.7 Å². The second-order valence-electron chi connectivity index (χ2n) is 22.2. The molecule has 2 amide bonds. The Balaban J connectivity index is 0.000000124. The van der Waals surface area contributed by atoms with Gasteiger partial charge in [0.1, 0.15) is 23.2 Å². The van der Waals surface area contributed by atoms with Crippen molar-refractivity contribution >= 4 is 137 Å². The van der Waals surface area contributed by atoms with E-state index in [0.29, 0.717) is 104 Å². The number of ether oxygens (including phenoxy) is 6. The number of carbonyl (C=O) groups is 2. The van der Waals surface area contributed by atoms with Crippen molar-refractivity contribution in [2.75, 3.05) is 83.5 Å². The van der Waals surface area contributed by atoms with E-state index in [0.717, 1.165) is 141 Å². The normalized spacial score (nSPS) is 17.8. The Morgan fingerprint density at radius 1 is 0.600 bits per heavy atom. The van der Waals surface area contributed by atoms with E-state index < -0.39 is 6.61 Å². The van der Waals surface area contributed by atoms with Gasteiger partial charge >= 0.3 is 0 Å². The van der Waals surface area contributed by atoms with E-state index in [2.05, 4.69) is 49.9 Å². The molecule has 6 aliphatic rings. The van der Waals surface area contributed by atoms with Crippen molar-refractivity contribution in [3.63, 3.8) is 0 Å². The minimum absolute atomic E-state index is 0.194. The van der Waals surface area contributed by atoms with Crippen LogP contribution in [0.1, 0.15) is 38.5 Å². The van der Waals surface area contributed by atoms with Gasteiger partial charge in [-0.1, -0.05) is 35.0 Å². The summed E-state index contributed by atoms with van der Waals surface area (Å²) < 4.78 is 40.2. The topological polar surface area (TPSA) is 298 Å². The predicted octanol–water partition coefficient (Wildman–Crippen LogP) is 9.85. The van der Waals surface area contributed by atoms with E-state index >= 15 is 0 Å². The zero-order chi connectivity index (χ0) is 62.0. The summed E-state index contributed by atoms with van der Waals surface area (Å²) in [6.07, 6.45) is 12.1. The van der Waals surface area contributed by atoms with E-state index in [9.17, 15) is 9.59 Å². The summed E-state index contributed by atoms with van der Waals surface area (Å²) in [5.74, 6) is 6.67. The fraction of sp³-hybridized carbons (Fsp3) is 0.367. The Labute approximate surface area is 547 Å². The number of hydrogen-bond donors (Lipinski definition) is 5. The Morgan fingerprint density at radius 2 is 1.02 bits per heavy atom. The molecule has 9 aromatic rings. The molecule has 6 aliphatic heterocycles. The maximum Gasteiger partial charge on any atom is 0.248 e. The molecule has 0 bridgehead atoms. The van der Waals surface area contributed by atoms with Crippen LogP contribution in [0.5, 0.6) is 34.5 Å². The van der Waals surface area contributed by atoms with Crippen molar-refractivity contribution in [3.05, 3.63) is 87.7 Å². The maximum atomic E-state index is 11.8. The van der Waals surface area contributed by atoms with E-state index in [4.69, 9.17) is 88.9 Å². The molecule has 470 valence electrons. The monoisotopic (exact) mass is 1380 g/mol. The van der Waals surface area contributed by atoms with Crippen LogP contribution in [0.4, 0.5) is 17.5 Å². The van der Waals surface area contributed by atoms with Crippen molar-refractivity contribution in [2.45, 2.75) is 88.3 Å². The molecule has 90 heavy (non-hydrogen) atoms. The van der Waals surface area contributed by atoms with Crippen molar-refractivity contribution in [1.29, 1.82) is 0 Å². The molecular formula is C60H62BrCl2N15O9S3. The van der Waals surface area contributed by atoms with Gasteiger partial charge < -0.3 is 79.5 Å². The van der Waals surface area contributed by atoms with Crippen LogP contribution in [-0.4, -0.2) is 137 Å². The molecule has 0 aliphatic carbocycles. The number of rotatable bonds is 17. The lowest BCUT2D eigenvalue weighted by Gasteiger charge is -2.16. The summed E-state index contributed by atoms with van der Waals surface area (Å²) in [4.78, 5) is 55.9. The van der Waals surface area contributed by atoms with Crippen LogP contribution in [0.25, 0.3) is 33.1 Å². The number of amides is 2. The van der Waals surface area contributed by atoms with Crippen LogP contribution in [0.15, 0.2) is 108 Å². The van der Waals surface area contributed by atoms with Gasteiger partial charge in [-0.3, -0.25) is 9.59 Å². The first kappa shape index (κ1) is 61.5. The van der Waals surface area contributed by atoms with Crippen LogP contribution in [0, 0.1) is 17.8 Å². The molecule has 30 heteroatoms. The number of nitrogens with zero attached hydrogens (tertiary/aromatic N) is 11. The summed E-state index contributed by atoms with van der Waals surface area (Å²) >= 11 is 21.1. The average Bonchev–Trinajstić information content (AvgIpc) is 1.94. The number of anilines is 3. The summed E-state index contributed by atoms with van der Waals surface area (Å²) in [5.41, 5.74) is 23.2. The number of carbonyl (C=O) groups excluding carboxylic acids is 2. The van der Waals surface area contributed by atoms with Gasteiger partial charge in [0.25, 0.3) is 0 Å². The summed E-state index contributed by atoms with van der Waals surface area (Å²) in [5, 5.41) is 16.2. The molecule has 6 aromatic heterocycles. The summed E-state index contributed by atoms with van der Waals surface area (Å²) in [6, 6.07) is 17.0. The third-order valence-electron chi connectivity index (χ3n) is 16.6. The lowest BCUT2D eigenvalue weighted by molar-refractivity contribution is -0.133. The van der Waals surface area contributed by atoms with Crippen LogP contribution in [-0.2, 0) is 29.2 Å². The fourth-order valence-electron chi connectivity index (χ4n) is 11.7. The fourth-order valence-corrected chi connectivity index (χ4v) is 15.7. The number of aryl methyl sites for hydroxylation is 3. The lowest BCUT2D eigenvalue weighted by atomic mass is 10.1. The Kier molecular flexibility index (Phi) is 18.6. The Hall–Kier alpha value is -7.31. The SMILES string of the molecule is Nc1nccc2c1nc(Sc1cc3c(cc1Br)OCO3)n2CCC1CCN(C(=O)CO)C1.Nc1nccc2c1nc(Sc1cc3c(cc1Cl)OCO3)n2CCC1CCN(C=O)C1.Nc1nccc2c1nc(Sc1cc3c(cc1Cl)OCO3)n2CCC1CCNC1. The highest BCUT2D eigenvalue weighted by molar-refractivity contribution is 9.10. The van der Waals surface area contributed by atoms with E-state index in [1.807, 2.05) is 47.4 Å². The number of aliphatic hydroxyl groups excluding tert-OH is 1. The number of aliphatic hydroxyl groups is 1. The van der Waals surface area contributed by atoms with Gasteiger partial charge in [-0.25, -0.2) is 29.9 Å². The first-order valence-electron chi connectivity index (χ1n) is 29.3. The van der Waals surface area contributed by atoms with Gasteiger partial charge in [0.05, 0.1) is 26.6 Å². The van der Waals surface area contributed by atoms with E-state index in [1.54, 1.807) is 35.6 Å². The number of fused-ring (bicyclic) bond motifs is 6. The Bertz CT molecular complexity index is 4180. The van der Waals surface area contributed by atoms with E-state index in [1.165, 1.54) is 41.7 Å². The third-order valence-corrected chi connectivity index (χ3v) is 21.5. The Morgan fingerprint density at radius 3 is 1.47 bits per heavy atom. The molecule has 0 radical (unpaired) electrons. The summed E-state index contributed by atoms with van der Waals surface area (Å²) in [6.45, 7) is 7.73. The van der Waals surface area contributed by atoms with Crippen LogP contribution in [0.3, 0.4) is 0 Å². The summed E-state index contributed by atoms with van der Waals surface area (Å²) in [7, 11) is 0. The number of likely N-dealkylation sites (tertiary alicyclic amines) is 2. The quantitative estimate of drug-likeness (QED) is 0.0530. The molecule has 3 saturated heterocycles. The lowest BCUT2D eigenvalue weighted by Crippen LogP contribution is -2.31. The van der Waals surface area contributed by atoms with E-state index in [-0.39, 0.29) is 26.3 Å². The van der Waals surface area contributed by atoms with Gasteiger partial charge in [0.2, 0.25) is 32.7 Å². The second-order valence-corrected chi connectivity index (χ2v) is 26.9. The number of benzene rings is 3. The number of pyridine rings is 3. The highest BCUT2D eigenvalue weighted by Gasteiger charge is 2.29. The zero-order valence-electron chi connectivity index (χ0n) is 48.4. The first-order chi connectivity index (χ1) is 43.8. The number of nitrogen functional groups attached to an aromatic ring is 3. The van der Waals surface area contributed by atoms with Crippen LogP contribution in [0.2, 0.25) is 10.0 Å². The molecular weight excluding hydrogens is 1320 g/mol. The first-order valence-corrected chi connectivity index (χ1v) is 33.3. The number of nitrogens with one attached hydrogen (secondary N) is 1. The van der Waals surface area contributed by atoms with Gasteiger partial charge in [-0.15, -0.1) is 0 Å². The van der Waals surface area contributed by atoms with Crippen molar-refractivity contribution < 1.29 is 43.1 Å². The molecule has 3 unspecified atom stereocenters. The van der Waals surface area contributed by atoms with Gasteiger partial charge in [0, 0.05) is 95.7 Å². The maximum absolute atomic E-state index is 11.8. The molecule has 3 aromatic carbocycles. The highest BCUT2D eigenvalue weighted by atomic mass is 79.9. The highest BCUT2D eigenvalue weighted by Crippen LogP contribution is 2.47. The molecule has 0 spiro atoms. The van der Waals surface area contributed by atoms with Gasteiger partial charge in [-0.05, 0) is 151 Å². The third kappa shape index (κ3) is 13.2. The molecule has 15 rings (SSSR count). The number of aromatic nitrogens is 9. The molecule has 12 heterocycles. The average molecular weight is 1380 g/mol. The molecule has 24 nitrogen and oxygen atoms in total. The molecule has 3 atom stereocenters. The standard InChI is InChI=1S/C21H22BrN5O4S.C20H20ClN5O3S.C19H20ClN5O2S/c22-13-7-15-16(31-11-30-15)8-17(13)32-21-25-19-14(1-4-24-20(19)23)27(21)6-3-12-2-5-26(9-12)18(29)10-28;21-13-7-15-16(29-11-28-15)8-17(13)30-20-24-18-14(1-4-23-19(18)22)26(20)6-3-12-2-5-25(9-12)10-27;20-12-7-14-15(27-10-26-14)8-16(12)28-19-24-17-13(2-5-23-18(17)21)25(19)6-3-11-1-4-22-9-11/h1,4,7-8,12,28H,2-3,5-6,9-11H2,(H2,23,24);1,4,7-8,10,12H,2-3,5-6,9,11H2,(H2,22,23);2,5,7-8,11,22H,1,3-4,6,9-10H2,(H2,21,23). The van der Waals surface area contributed by atoms with Crippen molar-refractivity contribution in [2.24, 2.45) is 17.8 Å². The number of nitrogens with two attached hydrogens (primary N) is 3. The zero-order valence-corrected chi connectivity index (χ0v) is 53.9. The number of imidazole rings is 3. The largest absolute Gasteiger partial charge is 0.454 e. The minimum Gasteiger partial charge on any atom is -0.454 e. The second kappa shape index (κ2) is 27.3. The number of hydrogen-bond acceptors (Lipinski definition) is 22. The molecule has 3 fully saturated rings. The van der Waals surface area contributed by atoms with Gasteiger partial charge in [-0.2, -0.15) is 0 Å².